The van der Waals surface area contributed by atoms with Gasteiger partial charge in [0.15, 0.2) is 0 Å². The highest BCUT2D eigenvalue weighted by molar-refractivity contribution is 5.76. The summed E-state index contributed by atoms with van der Waals surface area (Å²) >= 11 is 0. The number of allylic oxidation sites excluding steroid dienone is 2. The average Bonchev–Trinajstić information content (AvgIpc) is 3.33. The van der Waals surface area contributed by atoms with Crippen LogP contribution in [0, 0.1) is 0 Å². The normalized spacial score (nSPS) is 12.6. The van der Waals surface area contributed by atoms with Crippen LogP contribution in [-0.4, -0.2) is 47.4 Å². The van der Waals surface area contributed by atoms with Crippen LogP contribution in [0.3, 0.4) is 0 Å². The zero-order valence-electron chi connectivity index (χ0n) is 45.4. The minimum atomic E-state index is -0.659. The number of rotatable bonds is 57. The molecule has 0 aliphatic carbocycles. The number of amides is 1. The minimum absolute atomic E-state index is 0.00795. The van der Waals surface area contributed by atoms with E-state index >= 15 is 0 Å². The molecule has 2 unspecified atom stereocenters. The second-order valence-electron chi connectivity index (χ2n) is 21.0. The van der Waals surface area contributed by atoms with Gasteiger partial charge >= 0.3 is 5.97 Å². The number of esters is 1. The minimum Gasteiger partial charge on any atom is -0.466 e. The first-order chi connectivity index (χ1) is 33.0. The molecule has 0 fully saturated rings. The van der Waals surface area contributed by atoms with Crippen molar-refractivity contribution in [2.24, 2.45) is 0 Å². The number of hydrogen-bond acceptors (Lipinski definition) is 5. The Hall–Kier alpha value is -1.40. The second kappa shape index (κ2) is 57.2. The van der Waals surface area contributed by atoms with Crippen molar-refractivity contribution in [1.82, 2.24) is 5.32 Å². The number of hydrogen-bond donors (Lipinski definition) is 3. The Morgan fingerprint density at radius 2 is 0.716 bits per heavy atom. The summed E-state index contributed by atoms with van der Waals surface area (Å²) in [5.41, 5.74) is 0. The zero-order chi connectivity index (χ0) is 48.6. The van der Waals surface area contributed by atoms with Crippen LogP contribution in [0.4, 0.5) is 0 Å². The van der Waals surface area contributed by atoms with Crippen LogP contribution in [0.1, 0.15) is 341 Å². The molecule has 0 aliphatic rings. The van der Waals surface area contributed by atoms with E-state index in [1.165, 1.54) is 263 Å². The molecule has 67 heavy (non-hydrogen) atoms. The highest BCUT2D eigenvalue weighted by atomic mass is 16.5. The van der Waals surface area contributed by atoms with Crippen molar-refractivity contribution in [2.75, 3.05) is 13.2 Å². The Balaban J connectivity index is 3.32. The molecular weight excluding hydrogens is 827 g/mol. The molecule has 6 nitrogen and oxygen atoms in total. The van der Waals surface area contributed by atoms with Crippen molar-refractivity contribution in [3.63, 3.8) is 0 Å². The molecule has 2 atom stereocenters. The lowest BCUT2D eigenvalue weighted by Gasteiger charge is -2.22. The van der Waals surface area contributed by atoms with Crippen molar-refractivity contribution in [1.29, 1.82) is 0 Å². The zero-order valence-corrected chi connectivity index (χ0v) is 45.4. The molecule has 3 N–H and O–H groups in total. The maximum atomic E-state index is 12.4. The van der Waals surface area contributed by atoms with Crippen molar-refractivity contribution in [2.45, 2.75) is 353 Å². The Morgan fingerprint density at radius 3 is 1.10 bits per heavy atom. The van der Waals surface area contributed by atoms with E-state index in [0.29, 0.717) is 25.9 Å². The van der Waals surface area contributed by atoms with E-state index < -0.39 is 12.1 Å². The largest absolute Gasteiger partial charge is 0.466 e. The van der Waals surface area contributed by atoms with Gasteiger partial charge in [0.2, 0.25) is 5.91 Å². The van der Waals surface area contributed by atoms with E-state index in [0.717, 1.165) is 44.9 Å². The molecule has 0 aromatic rings. The van der Waals surface area contributed by atoms with Crippen LogP contribution in [0.25, 0.3) is 0 Å². The van der Waals surface area contributed by atoms with E-state index in [1.807, 2.05) is 0 Å². The highest BCUT2D eigenvalue weighted by Crippen LogP contribution is 2.18. The standard InChI is InChI=1S/C61H119NO5/c1-3-5-7-9-11-13-33-37-41-45-49-53-59(64)58(57-63)62-60(65)54-50-46-42-38-35-31-29-27-25-23-21-19-17-15-16-18-20-22-24-26-28-30-32-36-40-44-48-52-56-67-61(66)55-51-47-43-39-34-14-12-10-8-6-4-2/h10,12,58-59,63-64H,3-9,11,13-57H2,1-2H3,(H,62,65)/b12-10-. The Morgan fingerprint density at radius 1 is 0.403 bits per heavy atom. The summed E-state index contributed by atoms with van der Waals surface area (Å²) in [5.74, 6) is -0.0234. The number of carbonyl (C=O) groups excluding carboxylic acids is 2. The second-order valence-corrected chi connectivity index (χ2v) is 21.0. The number of aliphatic hydroxyl groups excluding tert-OH is 2. The Labute approximate surface area is 419 Å². The van der Waals surface area contributed by atoms with Crippen molar-refractivity contribution in [3.05, 3.63) is 12.2 Å². The third-order valence-corrected chi connectivity index (χ3v) is 14.3. The third-order valence-electron chi connectivity index (χ3n) is 14.3. The van der Waals surface area contributed by atoms with Crippen LogP contribution in [0.5, 0.6) is 0 Å². The smallest absolute Gasteiger partial charge is 0.305 e. The monoisotopic (exact) mass is 946 g/mol. The SMILES string of the molecule is CCCC/C=C\CCCCCCCC(=O)OCCCCCCCCCCCCCCCCCCCCCCCCCCCCCCC(=O)NC(CO)C(O)CCCCCCCCCCCCC. The van der Waals surface area contributed by atoms with E-state index in [9.17, 15) is 19.8 Å². The van der Waals surface area contributed by atoms with Gasteiger partial charge in [-0.15, -0.1) is 0 Å². The van der Waals surface area contributed by atoms with Gasteiger partial charge in [0.25, 0.3) is 0 Å². The van der Waals surface area contributed by atoms with Gasteiger partial charge in [-0.25, -0.2) is 0 Å². The van der Waals surface area contributed by atoms with Crippen LogP contribution in [0.15, 0.2) is 12.2 Å². The lowest BCUT2D eigenvalue weighted by Crippen LogP contribution is -2.45. The first-order valence-electron chi connectivity index (χ1n) is 30.4. The molecule has 0 aliphatic heterocycles. The van der Waals surface area contributed by atoms with Gasteiger partial charge in [-0.3, -0.25) is 9.59 Å². The fourth-order valence-electron chi connectivity index (χ4n) is 9.62. The van der Waals surface area contributed by atoms with E-state index in [1.54, 1.807) is 0 Å². The molecule has 0 aromatic carbocycles. The maximum absolute atomic E-state index is 12.4. The van der Waals surface area contributed by atoms with Gasteiger partial charge in [0.1, 0.15) is 0 Å². The molecule has 398 valence electrons. The number of unbranched alkanes of at least 4 members (excludes halogenated alkanes) is 44. The van der Waals surface area contributed by atoms with Gasteiger partial charge in [0.05, 0.1) is 25.4 Å². The third kappa shape index (κ3) is 53.8. The van der Waals surface area contributed by atoms with E-state index in [-0.39, 0.29) is 18.5 Å². The summed E-state index contributed by atoms with van der Waals surface area (Å²) in [6.07, 6.45) is 68.1. The van der Waals surface area contributed by atoms with E-state index in [4.69, 9.17) is 4.74 Å². The molecule has 0 radical (unpaired) electrons. The quantitative estimate of drug-likeness (QED) is 0.0321. The van der Waals surface area contributed by atoms with Crippen LogP contribution in [-0.2, 0) is 14.3 Å². The van der Waals surface area contributed by atoms with Gasteiger partial charge in [0, 0.05) is 12.8 Å². The molecule has 0 heterocycles. The summed E-state index contributed by atoms with van der Waals surface area (Å²) < 4.78 is 5.46. The van der Waals surface area contributed by atoms with Gasteiger partial charge in [-0.1, -0.05) is 296 Å². The first-order valence-corrected chi connectivity index (χ1v) is 30.4. The van der Waals surface area contributed by atoms with Crippen LogP contribution < -0.4 is 5.32 Å². The average molecular weight is 947 g/mol. The molecule has 0 saturated heterocycles. The molecule has 0 saturated carbocycles. The van der Waals surface area contributed by atoms with Gasteiger partial charge in [-0.2, -0.15) is 0 Å². The highest BCUT2D eigenvalue weighted by Gasteiger charge is 2.20. The summed E-state index contributed by atoms with van der Waals surface area (Å²) in [4.78, 5) is 24.4. The number of ether oxygens (including phenoxy) is 1. The molecule has 1 amide bonds. The van der Waals surface area contributed by atoms with Crippen molar-refractivity contribution < 1.29 is 24.5 Å². The number of nitrogens with one attached hydrogen (secondary N) is 1. The predicted molar refractivity (Wildman–Crippen MR) is 292 cm³/mol. The molecule has 0 rings (SSSR count). The molecular formula is C61H119NO5. The molecule has 0 bridgehead atoms. The van der Waals surface area contributed by atoms with Crippen LogP contribution >= 0.6 is 0 Å². The van der Waals surface area contributed by atoms with Crippen molar-refractivity contribution in [3.8, 4) is 0 Å². The van der Waals surface area contributed by atoms with Gasteiger partial charge < -0.3 is 20.3 Å². The molecule has 0 aromatic heterocycles. The lowest BCUT2D eigenvalue weighted by atomic mass is 10.0. The van der Waals surface area contributed by atoms with Crippen molar-refractivity contribution >= 4 is 11.9 Å². The number of aliphatic hydroxyl groups is 2. The fraction of sp³-hybridized carbons (Fsp3) is 0.934. The fourth-order valence-corrected chi connectivity index (χ4v) is 9.62. The molecule has 6 heteroatoms. The summed E-state index contributed by atoms with van der Waals surface area (Å²) in [7, 11) is 0. The molecule has 0 spiro atoms. The van der Waals surface area contributed by atoms with Crippen LogP contribution in [0.2, 0.25) is 0 Å². The first kappa shape index (κ1) is 65.6. The van der Waals surface area contributed by atoms with Gasteiger partial charge in [-0.05, 0) is 44.9 Å². The summed E-state index contributed by atoms with van der Waals surface area (Å²) in [6.45, 7) is 4.92. The number of carbonyl (C=O) groups is 2. The Kier molecular flexibility index (Phi) is 56.0. The maximum Gasteiger partial charge on any atom is 0.305 e. The summed E-state index contributed by atoms with van der Waals surface area (Å²) in [5, 5.41) is 23.2. The lowest BCUT2D eigenvalue weighted by molar-refractivity contribution is -0.143. The predicted octanol–water partition coefficient (Wildman–Crippen LogP) is 18.9. The topological polar surface area (TPSA) is 95.9 Å². The Bertz CT molecular complexity index is 1000. The van der Waals surface area contributed by atoms with E-state index in [2.05, 4.69) is 31.3 Å². The summed E-state index contributed by atoms with van der Waals surface area (Å²) in [6, 6.07) is -0.536.